The van der Waals surface area contributed by atoms with E-state index in [4.69, 9.17) is 0 Å². The monoisotopic (exact) mass is 291 g/mol. The predicted molar refractivity (Wildman–Crippen MR) is 78.4 cm³/mol. The summed E-state index contributed by atoms with van der Waals surface area (Å²) in [6.45, 7) is 4.06. The molecule has 1 atom stereocenters. The van der Waals surface area contributed by atoms with E-state index in [0.717, 1.165) is 32.1 Å². The molecule has 1 aliphatic carbocycles. The fourth-order valence-electron chi connectivity index (χ4n) is 2.42. The van der Waals surface area contributed by atoms with Crippen LogP contribution in [-0.2, 0) is 9.59 Å². The van der Waals surface area contributed by atoms with Crippen LogP contribution in [0.5, 0.6) is 0 Å². The van der Waals surface area contributed by atoms with Gasteiger partial charge < -0.3 is 16.0 Å². The molecule has 0 aromatic heterocycles. The summed E-state index contributed by atoms with van der Waals surface area (Å²) in [5.74, 6) is -0.173. The summed E-state index contributed by atoms with van der Waals surface area (Å²) in [6.07, 6.45) is 4.62. The Labute approximate surface area is 121 Å². The molecule has 1 rings (SSSR count). The molecule has 0 aromatic rings. The van der Waals surface area contributed by atoms with Gasteiger partial charge in [0.25, 0.3) is 0 Å². The number of nitrogens with one attached hydrogen (secondary N) is 3. The van der Waals surface area contributed by atoms with E-state index in [0.29, 0.717) is 6.54 Å². The van der Waals surface area contributed by atoms with Crippen molar-refractivity contribution >= 4 is 24.2 Å². The third-order valence-corrected chi connectivity index (χ3v) is 3.62. The Bertz CT molecular complexity index is 304. The van der Waals surface area contributed by atoms with Gasteiger partial charge in [0.05, 0.1) is 0 Å². The molecule has 1 unspecified atom stereocenters. The normalized spacial score (nSPS) is 18.9. The highest BCUT2D eigenvalue weighted by Crippen LogP contribution is 2.28. The Morgan fingerprint density at radius 2 is 1.79 bits per heavy atom. The van der Waals surface area contributed by atoms with Gasteiger partial charge in [-0.1, -0.05) is 19.3 Å². The maximum Gasteiger partial charge on any atom is 0.245 e. The SMILES string of the molecule is CNC(C)CNC(=O)C1(NC(C)=O)CCCCC1.Cl. The molecule has 5 nitrogen and oxygen atoms in total. The molecule has 0 spiro atoms. The number of hydrogen-bond donors (Lipinski definition) is 3. The minimum absolute atomic E-state index is 0. The van der Waals surface area contributed by atoms with Crippen LogP contribution in [0.2, 0.25) is 0 Å². The van der Waals surface area contributed by atoms with E-state index in [1.807, 2.05) is 14.0 Å². The van der Waals surface area contributed by atoms with Crippen LogP contribution in [0.4, 0.5) is 0 Å². The average Bonchev–Trinajstić information content (AvgIpc) is 2.35. The number of halogens is 1. The summed E-state index contributed by atoms with van der Waals surface area (Å²) in [6, 6.07) is 0.229. The quantitative estimate of drug-likeness (QED) is 0.707. The first-order valence-corrected chi connectivity index (χ1v) is 6.74. The van der Waals surface area contributed by atoms with E-state index >= 15 is 0 Å². The highest BCUT2D eigenvalue weighted by molar-refractivity contribution is 5.91. The van der Waals surface area contributed by atoms with Crippen LogP contribution in [0.25, 0.3) is 0 Å². The van der Waals surface area contributed by atoms with E-state index in [-0.39, 0.29) is 30.3 Å². The lowest BCUT2D eigenvalue weighted by Gasteiger charge is -2.36. The van der Waals surface area contributed by atoms with Gasteiger partial charge in [-0.25, -0.2) is 0 Å². The minimum Gasteiger partial charge on any atom is -0.353 e. The number of carbonyl (C=O) groups excluding carboxylic acids is 2. The Kier molecular flexibility index (Phi) is 8.02. The van der Waals surface area contributed by atoms with Gasteiger partial charge in [0.15, 0.2) is 0 Å². The summed E-state index contributed by atoms with van der Waals surface area (Å²) < 4.78 is 0. The summed E-state index contributed by atoms with van der Waals surface area (Å²) in [7, 11) is 1.86. The third-order valence-electron chi connectivity index (χ3n) is 3.62. The van der Waals surface area contributed by atoms with Crippen molar-refractivity contribution in [3.63, 3.8) is 0 Å². The maximum absolute atomic E-state index is 12.3. The van der Waals surface area contributed by atoms with Crippen LogP contribution < -0.4 is 16.0 Å². The highest BCUT2D eigenvalue weighted by atomic mass is 35.5. The number of likely N-dealkylation sites (N-methyl/N-ethyl adjacent to an activating group) is 1. The molecular formula is C13H26ClN3O2. The lowest BCUT2D eigenvalue weighted by Crippen LogP contribution is -2.60. The van der Waals surface area contributed by atoms with Crippen molar-refractivity contribution < 1.29 is 9.59 Å². The molecule has 0 bridgehead atoms. The number of hydrogen-bond acceptors (Lipinski definition) is 3. The Morgan fingerprint density at radius 3 is 2.26 bits per heavy atom. The van der Waals surface area contributed by atoms with E-state index in [1.54, 1.807) is 0 Å². The molecule has 0 heterocycles. The lowest BCUT2D eigenvalue weighted by molar-refractivity contribution is -0.134. The molecular weight excluding hydrogens is 266 g/mol. The van der Waals surface area contributed by atoms with Gasteiger partial charge in [-0.3, -0.25) is 9.59 Å². The van der Waals surface area contributed by atoms with Gasteiger partial charge in [-0.2, -0.15) is 0 Å². The largest absolute Gasteiger partial charge is 0.353 e. The molecule has 2 amide bonds. The van der Waals surface area contributed by atoms with E-state index in [1.165, 1.54) is 6.92 Å². The molecule has 3 N–H and O–H groups in total. The minimum atomic E-state index is -0.683. The van der Waals surface area contributed by atoms with Crippen molar-refractivity contribution in [2.45, 2.75) is 57.5 Å². The summed E-state index contributed by atoms with van der Waals surface area (Å²) in [4.78, 5) is 23.6. The van der Waals surface area contributed by atoms with Crippen molar-refractivity contribution in [2.75, 3.05) is 13.6 Å². The maximum atomic E-state index is 12.3. The Morgan fingerprint density at radius 1 is 1.21 bits per heavy atom. The van der Waals surface area contributed by atoms with Gasteiger partial charge in [0, 0.05) is 19.5 Å². The smallest absolute Gasteiger partial charge is 0.245 e. The van der Waals surface area contributed by atoms with Crippen LogP contribution in [0.15, 0.2) is 0 Å². The fraction of sp³-hybridized carbons (Fsp3) is 0.846. The van der Waals surface area contributed by atoms with E-state index < -0.39 is 5.54 Å². The summed E-state index contributed by atoms with van der Waals surface area (Å²) in [5, 5.41) is 8.87. The van der Waals surface area contributed by atoms with Crippen LogP contribution in [0.1, 0.15) is 46.0 Å². The summed E-state index contributed by atoms with van der Waals surface area (Å²) >= 11 is 0. The second-order valence-corrected chi connectivity index (χ2v) is 5.22. The second kappa shape index (κ2) is 8.38. The van der Waals surface area contributed by atoms with Crippen molar-refractivity contribution in [1.29, 1.82) is 0 Å². The average molecular weight is 292 g/mol. The zero-order chi connectivity index (χ0) is 13.6. The molecule has 0 aliphatic heterocycles. The molecule has 1 saturated carbocycles. The first-order chi connectivity index (χ1) is 8.50. The topological polar surface area (TPSA) is 70.2 Å². The third kappa shape index (κ3) is 5.37. The van der Waals surface area contributed by atoms with Crippen molar-refractivity contribution in [3.8, 4) is 0 Å². The van der Waals surface area contributed by atoms with Gasteiger partial charge in [0.1, 0.15) is 5.54 Å². The zero-order valence-corrected chi connectivity index (χ0v) is 12.9. The second-order valence-electron chi connectivity index (χ2n) is 5.22. The van der Waals surface area contributed by atoms with Gasteiger partial charge in [-0.15, -0.1) is 12.4 Å². The van der Waals surface area contributed by atoms with Crippen LogP contribution >= 0.6 is 12.4 Å². The van der Waals surface area contributed by atoms with E-state index in [9.17, 15) is 9.59 Å². The van der Waals surface area contributed by atoms with Crippen LogP contribution in [0.3, 0.4) is 0 Å². The van der Waals surface area contributed by atoms with Crippen LogP contribution in [0, 0.1) is 0 Å². The molecule has 0 saturated heterocycles. The molecule has 19 heavy (non-hydrogen) atoms. The first kappa shape index (κ1) is 18.2. The number of amides is 2. The lowest BCUT2D eigenvalue weighted by atomic mass is 9.80. The molecule has 112 valence electrons. The fourth-order valence-corrected chi connectivity index (χ4v) is 2.42. The van der Waals surface area contributed by atoms with Crippen LogP contribution in [-0.4, -0.2) is 37.0 Å². The van der Waals surface area contributed by atoms with Crippen molar-refractivity contribution in [1.82, 2.24) is 16.0 Å². The van der Waals surface area contributed by atoms with Gasteiger partial charge in [-0.05, 0) is 26.8 Å². The highest BCUT2D eigenvalue weighted by Gasteiger charge is 2.39. The standard InChI is InChI=1S/C13H25N3O2.ClH/c1-10(14-3)9-15-12(18)13(16-11(2)17)7-5-4-6-8-13;/h10,14H,4-9H2,1-3H3,(H,15,18)(H,16,17);1H. The Balaban J connectivity index is 0.00000324. The predicted octanol–water partition coefficient (Wildman–Crippen LogP) is 0.971. The number of rotatable bonds is 5. The molecule has 0 radical (unpaired) electrons. The van der Waals surface area contributed by atoms with E-state index in [2.05, 4.69) is 16.0 Å². The zero-order valence-electron chi connectivity index (χ0n) is 12.0. The van der Waals surface area contributed by atoms with Crippen molar-refractivity contribution in [3.05, 3.63) is 0 Å². The first-order valence-electron chi connectivity index (χ1n) is 6.74. The summed E-state index contributed by atoms with van der Waals surface area (Å²) in [5.41, 5.74) is -0.683. The number of carbonyl (C=O) groups is 2. The van der Waals surface area contributed by atoms with Gasteiger partial charge in [0.2, 0.25) is 11.8 Å². The van der Waals surface area contributed by atoms with Crippen molar-refractivity contribution in [2.24, 2.45) is 0 Å². The Hall–Kier alpha value is -0.810. The van der Waals surface area contributed by atoms with Gasteiger partial charge >= 0.3 is 0 Å². The molecule has 0 aromatic carbocycles. The molecule has 1 fully saturated rings. The molecule has 6 heteroatoms. The molecule has 1 aliphatic rings.